The van der Waals surface area contributed by atoms with E-state index < -0.39 is 0 Å². The van der Waals surface area contributed by atoms with Gasteiger partial charge in [0.1, 0.15) is 0 Å². The van der Waals surface area contributed by atoms with Crippen LogP contribution in [-0.4, -0.2) is 24.0 Å². The Morgan fingerprint density at radius 3 is 1.75 bits per heavy atom. The summed E-state index contributed by atoms with van der Waals surface area (Å²) in [5, 5.41) is 0. The average Bonchev–Trinajstić information content (AvgIpc) is 1.84. The van der Waals surface area contributed by atoms with Crippen LogP contribution in [0.5, 0.6) is 0 Å². The number of ether oxygens (including phenoxy) is 1. The van der Waals surface area contributed by atoms with Crippen LogP contribution in [0.25, 0.3) is 0 Å². The number of nitrogens with zero attached hydrogens (tertiary/aromatic N) is 1. The fourth-order valence-corrected chi connectivity index (χ4v) is 0.785. The lowest BCUT2D eigenvalue weighted by Crippen LogP contribution is -2.33. The van der Waals surface area contributed by atoms with Crippen LogP contribution in [0.4, 0.5) is 0 Å². The van der Waals surface area contributed by atoms with Crippen LogP contribution >= 0.6 is 0 Å². The van der Waals surface area contributed by atoms with Crippen molar-refractivity contribution in [1.82, 2.24) is 0 Å². The van der Waals surface area contributed by atoms with Gasteiger partial charge in [0.25, 0.3) is 0 Å². The molecule has 0 heterocycles. The lowest BCUT2D eigenvalue weighted by Gasteiger charge is -2.25. The van der Waals surface area contributed by atoms with Gasteiger partial charge in [-0.15, -0.1) is 0 Å². The van der Waals surface area contributed by atoms with Gasteiger partial charge in [-0.05, 0) is 41.5 Å². The zero-order chi connectivity index (χ0) is 9.99. The van der Waals surface area contributed by atoms with Gasteiger partial charge in [0.15, 0.2) is 0 Å². The fourth-order valence-electron chi connectivity index (χ4n) is 0.785. The third-order valence-corrected chi connectivity index (χ3v) is 1.88. The molecule has 0 bridgehead atoms. The number of hydrogen-bond acceptors (Lipinski definition) is 2. The van der Waals surface area contributed by atoms with Crippen molar-refractivity contribution in [3.63, 3.8) is 0 Å². The summed E-state index contributed by atoms with van der Waals surface area (Å²) in [7, 11) is 1.71. The largest absolute Gasteiger partial charge is 0.373 e. The summed E-state index contributed by atoms with van der Waals surface area (Å²) in [6.45, 7) is 12.3. The van der Waals surface area contributed by atoms with Crippen molar-refractivity contribution in [2.75, 3.05) is 7.11 Å². The van der Waals surface area contributed by atoms with E-state index in [1.54, 1.807) is 7.11 Å². The lowest BCUT2D eigenvalue weighted by atomic mass is 10.0. The predicted octanol–water partition coefficient (Wildman–Crippen LogP) is 2.67. The van der Waals surface area contributed by atoms with Crippen LogP contribution in [0, 0.1) is 0 Å². The molecule has 0 saturated heterocycles. The van der Waals surface area contributed by atoms with Crippen molar-refractivity contribution < 1.29 is 4.74 Å². The molecule has 0 aromatic heterocycles. The van der Waals surface area contributed by atoms with Gasteiger partial charge < -0.3 is 4.74 Å². The molecule has 12 heavy (non-hydrogen) atoms. The van der Waals surface area contributed by atoms with Crippen LogP contribution in [0.1, 0.15) is 41.5 Å². The average molecular weight is 171 g/mol. The standard InChI is InChI=1S/C10H21NO/c1-8(10(5,6)12-7)11-9(2,3)4/h1-7H3. The van der Waals surface area contributed by atoms with E-state index in [-0.39, 0.29) is 11.1 Å². The molecule has 0 saturated carbocycles. The Bertz CT molecular complexity index is 175. The van der Waals surface area contributed by atoms with Crippen molar-refractivity contribution in [2.24, 2.45) is 4.99 Å². The second-order valence-corrected chi connectivity index (χ2v) is 4.58. The molecule has 0 aliphatic rings. The molecule has 0 spiro atoms. The van der Waals surface area contributed by atoms with Gasteiger partial charge in [-0.2, -0.15) is 0 Å². The Labute approximate surface area is 76.0 Å². The molecule has 0 N–H and O–H groups in total. The molecule has 0 fully saturated rings. The van der Waals surface area contributed by atoms with Gasteiger partial charge in [0.2, 0.25) is 0 Å². The highest BCUT2D eigenvalue weighted by molar-refractivity contribution is 5.89. The molecule has 0 unspecified atom stereocenters. The monoisotopic (exact) mass is 171 g/mol. The Hall–Kier alpha value is -0.370. The van der Waals surface area contributed by atoms with E-state index in [1.165, 1.54) is 0 Å². The van der Waals surface area contributed by atoms with Crippen LogP contribution in [0.3, 0.4) is 0 Å². The van der Waals surface area contributed by atoms with Crippen LogP contribution in [0.15, 0.2) is 4.99 Å². The minimum Gasteiger partial charge on any atom is -0.373 e. The second kappa shape index (κ2) is 3.56. The van der Waals surface area contributed by atoms with Crippen LogP contribution in [-0.2, 0) is 4.74 Å². The first kappa shape index (κ1) is 11.6. The molecule has 2 heteroatoms. The second-order valence-electron chi connectivity index (χ2n) is 4.58. The van der Waals surface area contributed by atoms with E-state index in [1.807, 2.05) is 20.8 Å². The Balaban J connectivity index is 4.59. The molecule has 0 radical (unpaired) electrons. The maximum atomic E-state index is 5.31. The quantitative estimate of drug-likeness (QED) is 0.585. The van der Waals surface area contributed by atoms with Crippen molar-refractivity contribution in [2.45, 2.75) is 52.7 Å². The molecule has 72 valence electrons. The van der Waals surface area contributed by atoms with E-state index >= 15 is 0 Å². The maximum Gasteiger partial charge on any atom is 0.0994 e. The van der Waals surface area contributed by atoms with E-state index in [0.29, 0.717) is 0 Å². The normalized spacial score (nSPS) is 15.1. The Morgan fingerprint density at radius 1 is 1.08 bits per heavy atom. The fraction of sp³-hybridized carbons (Fsp3) is 0.900. The minimum atomic E-state index is -0.243. The van der Waals surface area contributed by atoms with Crippen molar-refractivity contribution in [3.8, 4) is 0 Å². The zero-order valence-corrected chi connectivity index (χ0v) is 9.36. The van der Waals surface area contributed by atoms with Gasteiger partial charge in [-0.25, -0.2) is 0 Å². The van der Waals surface area contributed by atoms with E-state index in [9.17, 15) is 0 Å². The molecule has 0 atom stereocenters. The van der Waals surface area contributed by atoms with Gasteiger partial charge in [0, 0.05) is 12.8 Å². The number of methoxy groups -OCH3 is 1. The number of aliphatic imine (C=N–C) groups is 1. The zero-order valence-electron chi connectivity index (χ0n) is 9.36. The number of rotatable bonds is 2. The van der Waals surface area contributed by atoms with Crippen LogP contribution < -0.4 is 0 Å². The summed E-state index contributed by atoms with van der Waals surface area (Å²) in [4.78, 5) is 4.54. The van der Waals surface area contributed by atoms with E-state index in [4.69, 9.17) is 4.74 Å². The lowest BCUT2D eigenvalue weighted by molar-refractivity contribution is 0.0816. The van der Waals surface area contributed by atoms with Gasteiger partial charge >= 0.3 is 0 Å². The first-order valence-corrected chi connectivity index (χ1v) is 4.31. The SMILES string of the molecule is COC(C)(C)C(C)=NC(C)(C)C. The Morgan fingerprint density at radius 2 is 1.50 bits per heavy atom. The van der Waals surface area contributed by atoms with Crippen molar-refractivity contribution in [3.05, 3.63) is 0 Å². The summed E-state index contributed by atoms with van der Waals surface area (Å²) in [6.07, 6.45) is 0. The molecule has 0 aliphatic heterocycles. The molecule has 0 aromatic carbocycles. The highest BCUT2D eigenvalue weighted by Crippen LogP contribution is 2.15. The summed E-state index contributed by atoms with van der Waals surface area (Å²) in [6, 6.07) is 0. The maximum absolute atomic E-state index is 5.31. The topological polar surface area (TPSA) is 21.6 Å². The molecule has 2 nitrogen and oxygen atoms in total. The van der Waals surface area contributed by atoms with Gasteiger partial charge in [-0.1, -0.05) is 0 Å². The molecule has 0 rings (SSSR count). The van der Waals surface area contributed by atoms with Gasteiger partial charge in [0.05, 0.1) is 11.1 Å². The minimum absolute atomic E-state index is 0.0140. The Kier molecular flexibility index (Phi) is 3.45. The third-order valence-electron chi connectivity index (χ3n) is 1.88. The first-order valence-electron chi connectivity index (χ1n) is 4.31. The molecular weight excluding hydrogens is 150 g/mol. The summed E-state index contributed by atoms with van der Waals surface area (Å²) < 4.78 is 5.31. The summed E-state index contributed by atoms with van der Waals surface area (Å²) in [5.74, 6) is 0. The summed E-state index contributed by atoms with van der Waals surface area (Å²) >= 11 is 0. The van der Waals surface area contributed by atoms with Crippen LogP contribution in [0.2, 0.25) is 0 Å². The molecule has 0 aliphatic carbocycles. The smallest absolute Gasteiger partial charge is 0.0994 e. The van der Waals surface area contributed by atoms with Crippen molar-refractivity contribution >= 4 is 5.71 Å². The number of hydrogen-bond donors (Lipinski definition) is 0. The van der Waals surface area contributed by atoms with Gasteiger partial charge in [-0.3, -0.25) is 4.99 Å². The predicted molar refractivity (Wildman–Crippen MR) is 54.0 cm³/mol. The molecular formula is C10H21NO. The van der Waals surface area contributed by atoms with Crippen molar-refractivity contribution in [1.29, 1.82) is 0 Å². The highest BCUT2D eigenvalue weighted by Gasteiger charge is 2.22. The summed E-state index contributed by atoms with van der Waals surface area (Å²) in [5.41, 5.74) is 0.783. The first-order chi connectivity index (χ1) is 5.19. The third kappa shape index (κ3) is 3.86. The highest BCUT2D eigenvalue weighted by atomic mass is 16.5. The van der Waals surface area contributed by atoms with E-state index in [2.05, 4.69) is 25.8 Å². The molecule has 0 amide bonds. The van der Waals surface area contributed by atoms with E-state index in [0.717, 1.165) is 5.71 Å². The molecule has 0 aromatic rings.